The average molecular weight is 1330 g/mol. The number of rotatable bonds is 72. The van der Waals surface area contributed by atoms with Gasteiger partial charge in [-0.3, -0.25) is 18.6 Å². The highest BCUT2D eigenvalue weighted by Crippen LogP contribution is 2.43. The van der Waals surface area contributed by atoms with Gasteiger partial charge in [0.05, 0.1) is 27.7 Å². The molecule has 0 bridgehead atoms. The zero-order valence-electron chi connectivity index (χ0n) is 61.9. The molecule has 542 valence electrons. The number of carbonyl (C=O) groups excluding carboxylic acids is 2. The van der Waals surface area contributed by atoms with E-state index in [1.807, 2.05) is 21.1 Å². The van der Waals surface area contributed by atoms with Crippen LogP contribution < -0.4 is 0 Å². The fraction of sp³-hybridized carbons (Fsp3) is 0.738. The molecule has 2 unspecified atom stereocenters. The molecule has 0 spiro atoms. The number of likely N-dealkylation sites (N-methyl/N-ethyl adjacent to an activating group) is 1. The lowest BCUT2D eigenvalue weighted by Gasteiger charge is -2.24. The predicted octanol–water partition coefficient (Wildman–Crippen LogP) is 26.2. The Morgan fingerprint density at radius 3 is 0.851 bits per heavy atom. The lowest BCUT2D eigenvalue weighted by atomic mass is 10.0. The second kappa shape index (κ2) is 73.7. The topological polar surface area (TPSA) is 108 Å². The summed E-state index contributed by atoms with van der Waals surface area (Å²) in [5, 5.41) is 0. The number of allylic oxidation sites excluding steroid dienone is 20. The average Bonchev–Trinajstić information content (AvgIpc) is 1.68. The van der Waals surface area contributed by atoms with Crippen LogP contribution in [0.5, 0.6) is 0 Å². The van der Waals surface area contributed by atoms with Gasteiger partial charge in [-0.05, 0) is 103 Å². The third-order valence-corrected chi connectivity index (χ3v) is 18.0. The van der Waals surface area contributed by atoms with Crippen molar-refractivity contribution in [2.75, 3.05) is 47.5 Å². The lowest BCUT2D eigenvalue weighted by Crippen LogP contribution is -2.37. The highest BCUT2D eigenvalue weighted by molar-refractivity contribution is 7.47. The molecule has 0 aromatic rings. The van der Waals surface area contributed by atoms with Gasteiger partial charge < -0.3 is 18.9 Å². The molecule has 0 fully saturated rings. The summed E-state index contributed by atoms with van der Waals surface area (Å²) in [6.07, 6.45) is 106. The van der Waals surface area contributed by atoms with Crippen molar-refractivity contribution < 1.29 is 42.1 Å². The molecule has 2 atom stereocenters. The zero-order valence-corrected chi connectivity index (χ0v) is 62.8. The number of hydrogen-bond donors (Lipinski definition) is 1. The van der Waals surface area contributed by atoms with Crippen LogP contribution in [-0.4, -0.2) is 74.9 Å². The van der Waals surface area contributed by atoms with Crippen LogP contribution in [0.3, 0.4) is 0 Å². The monoisotopic (exact) mass is 1330 g/mol. The number of unbranched alkanes of at least 4 members (excludes halogenated alkanes) is 38. The summed E-state index contributed by atoms with van der Waals surface area (Å²) in [6.45, 7) is 4.25. The normalized spacial score (nSPS) is 13.7. The van der Waals surface area contributed by atoms with Crippen molar-refractivity contribution in [2.45, 2.75) is 354 Å². The van der Waals surface area contributed by atoms with E-state index in [4.69, 9.17) is 18.5 Å². The highest BCUT2D eigenvalue weighted by atomic mass is 31.2. The van der Waals surface area contributed by atoms with E-state index in [1.54, 1.807) is 0 Å². The van der Waals surface area contributed by atoms with Crippen LogP contribution in [-0.2, 0) is 32.7 Å². The van der Waals surface area contributed by atoms with Crippen molar-refractivity contribution in [1.82, 2.24) is 0 Å². The molecule has 0 aliphatic heterocycles. The van der Waals surface area contributed by atoms with Crippen LogP contribution in [0, 0.1) is 0 Å². The largest absolute Gasteiger partial charge is 0.472 e. The second-order valence-corrected chi connectivity index (χ2v) is 28.8. The summed E-state index contributed by atoms with van der Waals surface area (Å²) in [4.78, 5) is 36.0. The van der Waals surface area contributed by atoms with E-state index in [1.165, 1.54) is 218 Å². The van der Waals surface area contributed by atoms with Crippen molar-refractivity contribution in [3.63, 3.8) is 0 Å². The predicted molar refractivity (Wildman–Crippen MR) is 408 cm³/mol. The first-order valence-electron chi connectivity index (χ1n) is 39.3. The molecule has 0 heterocycles. The van der Waals surface area contributed by atoms with Crippen molar-refractivity contribution in [2.24, 2.45) is 0 Å². The van der Waals surface area contributed by atoms with Crippen LogP contribution >= 0.6 is 7.82 Å². The number of phosphoric acid groups is 1. The Balaban J connectivity index is 3.96. The van der Waals surface area contributed by atoms with Crippen molar-refractivity contribution in [3.8, 4) is 0 Å². The number of hydrogen-bond acceptors (Lipinski definition) is 7. The zero-order chi connectivity index (χ0) is 68.3. The first-order chi connectivity index (χ1) is 46.0. The first-order valence-corrected chi connectivity index (χ1v) is 40.8. The van der Waals surface area contributed by atoms with E-state index in [9.17, 15) is 19.0 Å². The third kappa shape index (κ3) is 77.4. The minimum Gasteiger partial charge on any atom is -0.462 e. The molecule has 1 N–H and O–H groups in total. The third-order valence-electron chi connectivity index (χ3n) is 17.0. The standard InChI is InChI=1S/C84H148NO8P/c1-6-8-10-12-14-16-18-20-22-24-26-28-30-32-34-36-38-40-42-44-46-48-50-52-54-56-58-60-62-64-66-68-70-72-74-76-83(86)90-80-82(81-92-94(88,89)91-79-78-85(3,4)5)93-84(87)77-75-73-71-69-67-65-63-61-59-57-55-53-51-49-47-45-43-41-39-37-35-33-31-29-27-25-23-21-19-17-15-13-11-9-7-2/h8-11,14-17,20-23,26-29,33,35,39,41,82H,6-7,12-13,18-19,24-25,30-32,34,36-38,40,42-81H2,1-5H3/p+1/b10-8-,11-9-,16-14-,17-15-,22-20-,23-21-,28-26-,29-27-,35-33-,41-39-. The van der Waals surface area contributed by atoms with Gasteiger partial charge in [0.25, 0.3) is 0 Å². The maximum Gasteiger partial charge on any atom is 0.472 e. The van der Waals surface area contributed by atoms with Crippen LogP contribution in [0.1, 0.15) is 348 Å². The Hall–Kier alpha value is -3.59. The smallest absolute Gasteiger partial charge is 0.462 e. The molecule has 94 heavy (non-hydrogen) atoms. The molecule has 0 saturated carbocycles. The summed E-state index contributed by atoms with van der Waals surface area (Å²) in [5.41, 5.74) is 0. The number of phosphoric ester groups is 1. The molecular formula is C84H149NO8P+. The molecule has 0 aromatic heterocycles. The molecule has 0 aliphatic rings. The van der Waals surface area contributed by atoms with Crippen molar-refractivity contribution in [3.05, 3.63) is 122 Å². The molecule has 0 aromatic carbocycles. The Kier molecular flexibility index (Phi) is 70.8. The van der Waals surface area contributed by atoms with Gasteiger partial charge in [-0.25, -0.2) is 4.57 Å². The van der Waals surface area contributed by atoms with E-state index in [0.29, 0.717) is 17.4 Å². The van der Waals surface area contributed by atoms with Gasteiger partial charge in [0, 0.05) is 12.8 Å². The molecular weight excluding hydrogens is 1180 g/mol. The van der Waals surface area contributed by atoms with Gasteiger partial charge in [-0.15, -0.1) is 0 Å². The Morgan fingerprint density at radius 2 is 0.574 bits per heavy atom. The maximum atomic E-state index is 12.9. The van der Waals surface area contributed by atoms with Gasteiger partial charge >= 0.3 is 19.8 Å². The van der Waals surface area contributed by atoms with Crippen LogP contribution in [0.15, 0.2) is 122 Å². The fourth-order valence-corrected chi connectivity index (χ4v) is 11.8. The molecule has 0 radical (unpaired) electrons. The van der Waals surface area contributed by atoms with E-state index < -0.39 is 26.5 Å². The first kappa shape index (κ1) is 90.4. The Bertz CT molecular complexity index is 2010. The summed E-state index contributed by atoms with van der Waals surface area (Å²) in [6, 6.07) is 0. The van der Waals surface area contributed by atoms with Crippen LogP contribution in [0.4, 0.5) is 0 Å². The van der Waals surface area contributed by atoms with Gasteiger partial charge in [-0.1, -0.05) is 354 Å². The minimum atomic E-state index is -4.40. The maximum absolute atomic E-state index is 12.9. The fourth-order valence-electron chi connectivity index (χ4n) is 11.1. The van der Waals surface area contributed by atoms with E-state index in [-0.39, 0.29) is 32.0 Å². The Morgan fingerprint density at radius 1 is 0.330 bits per heavy atom. The summed E-state index contributed by atoms with van der Waals surface area (Å²) in [5.74, 6) is -0.785. The van der Waals surface area contributed by atoms with Crippen LogP contribution in [0.25, 0.3) is 0 Å². The van der Waals surface area contributed by atoms with E-state index in [0.717, 1.165) is 96.3 Å². The van der Waals surface area contributed by atoms with Gasteiger partial charge in [-0.2, -0.15) is 0 Å². The van der Waals surface area contributed by atoms with Gasteiger partial charge in [0.15, 0.2) is 6.10 Å². The van der Waals surface area contributed by atoms with Gasteiger partial charge in [0.1, 0.15) is 19.8 Å². The molecule has 10 heteroatoms. The van der Waals surface area contributed by atoms with E-state index >= 15 is 0 Å². The number of ether oxygens (including phenoxy) is 2. The summed E-state index contributed by atoms with van der Waals surface area (Å²) >= 11 is 0. The second-order valence-electron chi connectivity index (χ2n) is 27.3. The number of carbonyl (C=O) groups is 2. The summed E-state index contributed by atoms with van der Waals surface area (Å²) in [7, 11) is 1.48. The number of quaternary nitrogens is 1. The minimum absolute atomic E-state index is 0.0300. The number of esters is 2. The molecule has 0 amide bonds. The van der Waals surface area contributed by atoms with Gasteiger partial charge in [0.2, 0.25) is 0 Å². The summed E-state index contributed by atoms with van der Waals surface area (Å²) < 4.78 is 34.8. The van der Waals surface area contributed by atoms with Crippen molar-refractivity contribution >= 4 is 19.8 Å². The highest BCUT2D eigenvalue weighted by Gasteiger charge is 2.27. The van der Waals surface area contributed by atoms with Crippen LogP contribution in [0.2, 0.25) is 0 Å². The lowest BCUT2D eigenvalue weighted by molar-refractivity contribution is -0.870. The van der Waals surface area contributed by atoms with Crippen molar-refractivity contribution in [1.29, 1.82) is 0 Å². The van der Waals surface area contributed by atoms with E-state index in [2.05, 4.69) is 135 Å². The molecule has 0 aliphatic carbocycles. The molecule has 0 saturated heterocycles. The molecule has 0 rings (SSSR count). The SMILES string of the molecule is CC/C=C\C/C=C\C/C=C\C/C=C\C/C=C\C/C=C\CCCCCCCCCCCCCCCCCCC(=O)OC(COC(=O)CCCCCCCCCCCCCCCCCCCCCCCC/C=C\C/C=C\C/C=C\C/C=C\CC)COP(=O)(O)OCC[N+](C)(C)C. The Labute approximate surface area is 581 Å². The quantitative estimate of drug-likeness (QED) is 0.0211. The number of nitrogens with zero attached hydrogens (tertiary/aromatic N) is 1. The molecule has 9 nitrogen and oxygen atoms in total.